The highest BCUT2D eigenvalue weighted by molar-refractivity contribution is 9.10. The summed E-state index contributed by atoms with van der Waals surface area (Å²) in [4.78, 5) is 23.2. The van der Waals surface area contributed by atoms with E-state index in [1.807, 2.05) is 13.8 Å². The molecule has 0 saturated heterocycles. The van der Waals surface area contributed by atoms with Crippen LogP contribution in [-0.4, -0.2) is 24.0 Å². The van der Waals surface area contributed by atoms with E-state index in [2.05, 4.69) is 21.2 Å². The van der Waals surface area contributed by atoms with Gasteiger partial charge in [0.05, 0.1) is 0 Å². The Hall–Kier alpha value is -1.69. The zero-order chi connectivity index (χ0) is 16.0. The van der Waals surface area contributed by atoms with Crippen LogP contribution in [-0.2, 0) is 14.3 Å². The monoisotopic (exact) mass is 357 g/mol. The third-order valence-electron chi connectivity index (χ3n) is 2.45. The van der Waals surface area contributed by atoms with Crippen molar-refractivity contribution in [1.82, 2.24) is 5.32 Å². The Bertz CT molecular complexity index is 558. The second-order valence-electron chi connectivity index (χ2n) is 4.74. The number of hydrogen-bond donors (Lipinski definition) is 1. The molecule has 1 rings (SSSR count). The molecule has 0 bridgehead atoms. The predicted molar refractivity (Wildman–Crippen MR) is 82.0 cm³/mol. The molecule has 0 aliphatic rings. The number of ether oxygens (including phenoxy) is 1. The SMILES string of the molecule is CC(C)NC(=O)[C@H](C)OC(=O)/C=C/c1cc(Br)ccc1F. The lowest BCUT2D eigenvalue weighted by Crippen LogP contribution is -2.39. The van der Waals surface area contributed by atoms with Gasteiger partial charge < -0.3 is 10.1 Å². The van der Waals surface area contributed by atoms with Crippen LogP contribution in [0.3, 0.4) is 0 Å². The molecule has 0 spiro atoms. The summed E-state index contributed by atoms with van der Waals surface area (Å²) in [6.07, 6.45) is 1.48. The van der Waals surface area contributed by atoms with Gasteiger partial charge in [0.2, 0.25) is 0 Å². The molecule has 4 nitrogen and oxygen atoms in total. The number of carbonyl (C=O) groups excluding carboxylic acids is 2. The number of amides is 1. The van der Waals surface area contributed by atoms with Gasteiger partial charge in [0.1, 0.15) is 5.82 Å². The quantitative estimate of drug-likeness (QED) is 0.650. The minimum atomic E-state index is -0.906. The van der Waals surface area contributed by atoms with Gasteiger partial charge in [-0.2, -0.15) is 0 Å². The highest BCUT2D eigenvalue weighted by Gasteiger charge is 2.16. The van der Waals surface area contributed by atoms with E-state index in [0.29, 0.717) is 4.47 Å². The number of benzene rings is 1. The van der Waals surface area contributed by atoms with E-state index in [-0.39, 0.29) is 17.5 Å². The van der Waals surface area contributed by atoms with Gasteiger partial charge in [-0.3, -0.25) is 4.79 Å². The van der Waals surface area contributed by atoms with Crippen LogP contribution in [0.1, 0.15) is 26.3 Å². The van der Waals surface area contributed by atoms with Gasteiger partial charge in [0.25, 0.3) is 5.91 Å². The highest BCUT2D eigenvalue weighted by Crippen LogP contribution is 2.16. The third-order valence-corrected chi connectivity index (χ3v) is 2.94. The van der Waals surface area contributed by atoms with Crippen LogP contribution in [0, 0.1) is 5.82 Å². The van der Waals surface area contributed by atoms with E-state index in [9.17, 15) is 14.0 Å². The van der Waals surface area contributed by atoms with E-state index in [4.69, 9.17) is 4.74 Å². The van der Waals surface area contributed by atoms with Crippen molar-refractivity contribution >= 4 is 33.9 Å². The lowest BCUT2D eigenvalue weighted by molar-refractivity contribution is -0.150. The zero-order valence-electron chi connectivity index (χ0n) is 12.0. The van der Waals surface area contributed by atoms with Gasteiger partial charge in [-0.1, -0.05) is 15.9 Å². The fourth-order valence-corrected chi connectivity index (χ4v) is 1.85. The van der Waals surface area contributed by atoms with Gasteiger partial charge in [-0.25, -0.2) is 9.18 Å². The Morgan fingerprint density at radius 3 is 2.62 bits per heavy atom. The zero-order valence-corrected chi connectivity index (χ0v) is 13.6. The largest absolute Gasteiger partial charge is 0.449 e. The number of esters is 1. The van der Waals surface area contributed by atoms with E-state index < -0.39 is 17.9 Å². The first-order valence-electron chi connectivity index (χ1n) is 6.43. The standard InChI is InChI=1S/C15H17BrFNO3/c1-9(2)18-15(20)10(3)21-14(19)7-4-11-8-12(16)5-6-13(11)17/h4-10H,1-3H3,(H,18,20)/b7-4+/t10-/m0/s1. The molecule has 21 heavy (non-hydrogen) atoms. The second kappa shape index (κ2) is 7.93. The molecule has 0 unspecified atom stereocenters. The average Bonchev–Trinajstić information content (AvgIpc) is 2.39. The van der Waals surface area contributed by atoms with Crippen molar-refractivity contribution in [3.63, 3.8) is 0 Å². The number of hydrogen-bond acceptors (Lipinski definition) is 3. The van der Waals surface area contributed by atoms with Gasteiger partial charge in [0, 0.05) is 22.2 Å². The van der Waals surface area contributed by atoms with Crippen molar-refractivity contribution in [3.8, 4) is 0 Å². The second-order valence-corrected chi connectivity index (χ2v) is 5.66. The first kappa shape index (κ1) is 17.4. The minimum Gasteiger partial charge on any atom is -0.449 e. The summed E-state index contributed by atoms with van der Waals surface area (Å²) in [5.41, 5.74) is 0.251. The molecule has 0 aliphatic heterocycles. The highest BCUT2D eigenvalue weighted by atomic mass is 79.9. The summed E-state index contributed by atoms with van der Waals surface area (Å²) >= 11 is 3.22. The van der Waals surface area contributed by atoms with Gasteiger partial charge in [-0.05, 0) is 45.0 Å². The van der Waals surface area contributed by atoms with Crippen molar-refractivity contribution in [1.29, 1.82) is 0 Å². The van der Waals surface area contributed by atoms with Gasteiger partial charge >= 0.3 is 5.97 Å². The predicted octanol–water partition coefficient (Wildman–Crippen LogP) is 3.06. The Morgan fingerprint density at radius 2 is 2.00 bits per heavy atom. The molecule has 1 aromatic carbocycles. The number of halogens is 2. The van der Waals surface area contributed by atoms with Crippen molar-refractivity contribution in [2.45, 2.75) is 32.9 Å². The summed E-state index contributed by atoms with van der Waals surface area (Å²) in [7, 11) is 0. The Morgan fingerprint density at radius 1 is 1.33 bits per heavy atom. The van der Waals surface area contributed by atoms with Crippen molar-refractivity contribution in [2.24, 2.45) is 0 Å². The molecule has 0 fully saturated rings. The molecular formula is C15H17BrFNO3. The van der Waals surface area contributed by atoms with Crippen LogP contribution >= 0.6 is 15.9 Å². The summed E-state index contributed by atoms with van der Waals surface area (Å²) in [5, 5.41) is 2.63. The molecule has 0 aliphatic carbocycles. The molecule has 1 amide bonds. The number of carbonyl (C=O) groups is 2. The van der Waals surface area contributed by atoms with Gasteiger partial charge in [0.15, 0.2) is 6.10 Å². The topological polar surface area (TPSA) is 55.4 Å². The smallest absolute Gasteiger partial charge is 0.331 e. The fourth-order valence-electron chi connectivity index (χ4n) is 1.47. The van der Waals surface area contributed by atoms with Crippen LogP contribution in [0.25, 0.3) is 6.08 Å². The molecule has 114 valence electrons. The van der Waals surface area contributed by atoms with Crippen molar-refractivity contribution < 1.29 is 18.7 Å². The average molecular weight is 358 g/mol. The fraction of sp³-hybridized carbons (Fsp3) is 0.333. The molecule has 6 heteroatoms. The van der Waals surface area contributed by atoms with E-state index in [1.165, 1.54) is 25.1 Å². The molecule has 1 aromatic rings. The maximum absolute atomic E-state index is 13.5. The molecule has 0 heterocycles. The summed E-state index contributed by atoms with van der Waals surface area (Å²) in [6.45, 7) is 5.09. The Balaban J connectivity index is 2.63. The lowest BCUT2D eigenvalue weighted by atomic mass is 10.2. The maximum Gasteiger partial charge on any atom is 0.331 e. The van der Waals surface area contributed by atoms with Crippen molar-refractivity contribution in [2.75, 3.05) is 0 Å². The van der Waals surface area contributed by atoms with Crippen LogP contribution in [0.2, 0.25) is 0 Å². The normalized spacial score (nSPS) is 12.5. The Labute approximate surface area is 131 Å². The van der Waals surface area contributed by atoms with E-state index in [0.717, 1.165) is 6.08 Å². The summed E-state index contributed by atoms with van der Waals surface area (Å²) < 4.78 is 19.1. The maximum atomic E-state index is 13.5. The molecule has 1 N–H and O–H groups in total. The third kappa shape index (κ3) is 6.08. The van der Waals surface area contributed by atoms with E-state index >= 15 is 0 Å². The van der Waals surface area contributed by atoms with Gasteiger partial charge in [-0.15, -0.1) is 0 Å². The molecule has 0 aromatic heterocycles. The van der Waals surface area contributed by atoms with Crippen LogP contribution in [0.5, 0.6) is 0 Å². The molecule has 0 saturated carbocycles. The number of rotatable bonds is 5. The molecular weight excluding hydrogens is 341 g/mol. The Kier molecular flexibility index (Phi) is 6.55. The summed E-state index contributed by atoms with van der Waals surface area (Å²) in [5.74, 6) is -1.53. The first-order chi connectivity index (χ1) is 9.79. The number of nitrogens with one attached hydrogen (secondary N) is 1. The molecule has 1 atom stereocenters. The summed E-state index contributed by atoms with van der Waals surface area (Å²) in [6, 6.07) is 4.34. The van der Waals surface area contributed by atoms with Crippen LogP contribution in [0.4, 0.5) is 4.39 Å². The van der Waals surface area contributed by atoms with Crippen LogP contribution < -0.4 is 5.32 Å². The minimum absolute atomic E-state index is 0.0371. The lowest BCUT2D eigenvalue weighted by Gasteiger charge is -2.14. The molecule has 0 radical (unpaired) electrons. The van der Waals surface area contributed by atoms with Crippen molar-refractivity contribution in [3.05, 3.63) is 40.1 Å². The van der Waals surface area contributed by atoms with Crippen LogP contribution in [0.15, 0.2) is 28.7 Å². The van der Waals surface area contributed by atoms with E-state index in [1.54, 1.807) is 6.07 Å². The first-order valence-corrected chi connectivity index (χ1v) is 7.23.